The van der Waals surface area contributed by atoms with E-state index in [0.29, 0.717) is 17.1 Å². The van der Waals surface area contributed by atoms with Gasteiger partial charge in [-0.15, -0.1) is 5.10 Å². The summed E-state index contributed by atoms with van der Waals surface area (Å²) in [6.45, 7) is 3.46. The van der Waals surface area contributed by atoms with Crippen molar-refractivity contribution in [1.29, 1.82) is 0 Å². The Morgan fingerprint density at radius 2 is 1.94 bits per heavy atom. The van der Waals surface area contributed by atoms with E-state index in [-0.39, 0.29) is 23.8 Å². The molecule has 3 rings (SSSR count). The van der Waals surface area contributed by atoms with Crippen LogP contribution < -0.4 is 5.32 Å². The van der Waals surface area contributed by atoms with Crippen molar-refractivity contribution in [2.75, 3.05) is 18.9 Å². The van der Waals surface area contributed by atoms with Gasteiger partial charge in [0.15, 0.2) is 5.69 Å². The molecule has 0 bridgehead atoms. The fourth-order valence-electron chi connectivity index (χ4n) is 3.12. The van der Waals surface area contributed by atoms with Gasteiger partial charge in [-0.2, -0.15) is 0 Å². The lowest BCUT2D eigenvalue weighted by atomic mass is 10.1. The molecule has 1 aromatic heterocycles. The number of nitrogens with one attached hydrogen (secondary N) is 1. The smallest absolute Gasteiger partial charge is 0.276 e. The second kappa shape index (κ2) is 9.16. The molecule has 2 amide bonds. The maximum absolute atomic E-state index is 12.8. The predicted molar refractivity (Wildman–Crippen MR) is 114 cm³/mol. The molecule has 0 radical (unpaired) electrons. The zero-order valence-corrected chi connectivity index (χ0v) is 17.4. The normalized spacial score (nSPS) is 10.5. The second-order valence-corrected chi connectivity index (χ2v) is 6.93. The molecular formula is C21H22N6O4. The molecule has 10 nitrogen and oxygen atoms in total. The fraction of sp³-hybridized carbons (Fsp3) is 0.238. The number of likely N-dealkylation sites (N-methyl/N-ethyl adjacent to an activating group) is 1. The highest BCUT2D eigenvalue weighted by Gasteiger charge is 2.23. The standard InChI is InChI=1S/C21H22N6O4/c1-4-15-8-5-6-11-18(15)22-19(28)13-25(3)21(29)20-14(2)26(24-23-20)16-9-7-10-17(12-16)27(30)31/h5-12H,4,13H2,1-3H3,(H,22,28). The van der Waals surface area contributed by atoms with Gasteiger partial charge in [0.2, 0.25) is 5.91 Å². The van der Waals surface area contributed by atoms with Crippen molar-refractivity contribution in [1.82, 2.24) is 19.9 Å². The Labute approximate surface area is 178 Å². The lowest BCUT2D eigenvalue weighted by Gasteiger charge is -2.17. The van der Waals surface area contributed by atoms with E-state index in [1.165, 1.54) is 34.8 Å². The highest BCUT2D eigenvalue weighted by atomic mass is 16.6. The first kappa shape index (κ1) is 21.6. The van der Waals surface area contributed by atoms with Crippen LogP contribution in [0.15, 0.2) is 48.5 Å². The number of nitrogens with zero attached hydrogens (tertiary/aromatic N) is 5. The van der Waals surface area contributed by atoms with Crippen LogP contribution >= 0.6 is 0 Å². The minimum Gasteiger partial charge on any atom is -0.331 e. The Balaban J connectivity index is 1.73. The van der Waals surface area contributed by atoms with E-state index in [2.05, 4.69) is 15.6 Å². The Morgan fingerprint density at radius 3 is 2.65 bits per heavy atom. The first-order chi connectivity index (χ1) is 14.8. The molecule has 0 aliphatic heterocycles. The Morgan fingerprint density at radius 1 is 1.19 bits per heavy atom. The van der Waals surface area contributed by atoms with Crippen molar-refractivity contribution in [3.63, 3.8) is 0 Å². The summed E-state index contributed by atoms with van der Waals surface area (Å²) in [5.41, 5.74) is 2.50. The number of benzene rings is 2. The van der Waals surface area contributed by atoms with Gasteiger partial charge in [0.05, 0.1) is 22.8 Å². The van der Waals surface area contributed by atoms with Gasteiger partial charge in [0.1, 0.15) is 0 Å². The zero-order valence-electron chi connectivity index (χ0n) is 17.4. The molecule has 31 heavy (non-hydrogen) atoms. The molecule has 0 unspecified atom stereocenters. The molecule has 0 saturated heterocycles. The van der Waals surface area contributed by atoms with Gasteiger partial charge in [-0.3, -0.25) is 19.7 Å². The first-order valence-corrected chi connectivity index (χ1v) is 9.62. The number of hydrogen-bond donors (Lipinski definition) is 1. The van der Waals surface area contributed by atoms with E-state index in [0.717, 1.165) is 12.0 Å². The van der Waals surface area contributed by atoms with E-state index in [9.17, 15) is 19.7 Å². The van der Waals surface area contributed by atoms with E-state index >= 15 is 0 Å². The number of nitro groups is 1. The Kier molecular flexibility index (Phi) is 6.39. The van der Waals surface area contributed by atoms with Crippen molar-refractivity contribution < 1.29 is 14.5 Å². The number of rotatable bonds is 7. The maximum atomic E-state index is 12.8. The molecule has 0 fully saturated rings. The average Bonchev–Trinajstić information content (AvgIpc) is 3.14. The second-order valence-electron chi connectivity index (χ2n) is 6.93. The Hall–Kier alpha value is -4.08. The van der Waals surface area contributed by atoms with Crippen LogP contribution in [0.5, 0.6) is 0 Å². The number of non-ortho nitro benzene ring substituents is 1. The summed E-state index contributed by atoms with van der Waals surface area (Å²) >= 11 is 0. The molecule has 2 aromatic carbocycles. The van der Waals surface area contributed by atoms with Crippen LogP contribution in [0.25, 0.3) is 5.69 Å². The number of carbonyl (C=O) groups is 2. The van der Waals surface area contributed by atoms with Crippen molar-refractivity contribution in [2.45, 2.75) is 20.3 Å². The molecule has 0 aliphatic carbocycles. The summed E-state index contributed by atoms with van der Waals surface area (Å²) in [4.78, 5) is 37.0. The van der Waals surface area contributed by atoms with Crippen LogP contribution in [0.1, 0.15) is 28.7 Å². The van der Waals surface area contributed by atoms with Crippen molar-refractivity contribution in [3.05, 3.63) is 75.6 Å². The fourth-order valence-corrected chi connectivity index (χ4v) is 3.12. The summed E-state index contributed by atoms with van der Waals surface area (Å²) in [7, 11) is 1.50. The number of nitro benzene ring substituents is 1. The summed E-state index contributed by atoms with van der Waals surface area (Å²) in [5.74, 6) is -0.811. The molecular weight excluding hydrogens is 400 g/mol. The van der Waals surface area contributed by atoms with E-state index < -0.39 is 10.8 Å². The van der Waals surface area contributed by atoms with E-state index in [4.69, 9.17) is 0 Å². The predicted octanol–water partition coefficient (Wildman–Crippen LogP) is 2.76. The molecule has 1 N–H and O–H groups in total. The summed E-state index contributed by atoms with van der Waals surface area (Å²) in [5, 5.41) is 21.7. The average molecular weight is 422 g/mol. The van der Waals surface area contributed by atoms with Gasteiger partial charge >= 0.3 is 0 Å². The van der Waals surface area contributed by atoms with E-state index in [1.54, 1.807) is 13.0 Å². The number of amides is 2. The molecule has 0 atom stereocenters. The first-order valence-electron chi connectivity index (χ1n) is 9.62. The summed E-state index contributed by atoms with van der Waals surface area (Å²) < 4.78 is 1.35. The number of carbonyl (C=O) groups excluding carboxylic acids is 2. The topological polar surface area (TPSA) is 123 Å². The third kappa shape index (κ3) is 4.74. The van der Waals surface area contributed by atoms with Crippen LogP contribution in [0.3, 0.4) is 0 Å². The van der Waals surface area contributed by atoms with Gasteiger partial charge in [-0.25, -0.2) is 4.68 Å². The highest BCUT2D eigenvalue weighted by molar-refractivity contribution is 5.99. The molecule has 1 heterocycles. The van der Waals surface area contributed by atoms with Crippen molar-refractivity contribution in [3.8, 4) is 5.69 Å². The van der Waals surface area contributed by atoms with Crippen LogP contribution in [0.4, 0.5) is 11.4 Å². The highest BCUT2D eigenvalue weighted by Crippen LogP contribution is 2.19. The lowest BCUT2D eigenvalue weighted by Crippen LogP contribution is -2.35. The van der Waals surface area contributed by atoms with Gasteiger partial charge in [0, 0.05) is 24.9 Å². The number of hydrogen-bond acceptors (Lipinski definition) is 6. The third-order valence-electron chi connectivity index (χ3n) is 4.78. The van der Waals surface area contributed by atoms with E-state index in [1.807, 2.05) is 31.2 Å². The van der Waals surface area contributed by atoms with Crippen molar-refractivity contribution >= 4 is 23.2 Å². The largest absolute Gasteiger partial charge is 0.331 e. The molecule has 0 spiro atoms. The van der Waals surface area contributed by atoms with Crippen LogP contribution in [-0.2, 0) is 11.2 Å². The number of aromatic nitrogens is 3. The van der Waals surface area contributed by atoms with Gasteiger partial charge in [-0.05, 0) is 31.0 Å². The molecule has 10 heteroatoms. The van der Waals surface area contributed by atoms with Crippen molar-refractivity contribution in [2.24, 2.45) is 0 Å². The minimum atomic E-state index is -0.509. The summed E-state index contributed by atoms with van der Waals surface area (Å²) in [6, 6.07) is 13.3. The summed E-state index contributed by atoms with van der Waals surface area (Å²) in [6.07, 6.45) is 0.769. The molecule has 160 valence electrons. The van der Waals surface area contributed by atoms with Crippen LogP contribution in [0.2, 0.25) is 0 Å². The monoisotopic (exact) mass is 422 g/mol. The molecule has 0 aliphatic rings. The SMILES string of the molecule is CCc1ccccc1NC(=O)CN(C)C(=O)c1nnn(-c2cccc([N+](=O)[O-])c2)c1C. The van der Waals surface area contributed by atoms with Gasteiger partial charge < -0.3 is 10.2 Å². The maximum Gasteiger partial charge on any atom is 0.276 e. The van der Waals surface area contributed by atoms with Crippen LogP contribution in [0, 0.1) is 17.0 Å². The van der Waals surface area contributed by atoms with Gasteiger partial charge in [-0.1, -0.05) is 36.4 Å². The van der Waals surface area contributed by atoms with Gasteiger partial charge in [0.25, 0.3) is 11.6 Å². The molecule has 0 saturated carbocycles. The number of aryl methyl sites for hydroxylation is 1. The quantitative estimate of drug-likeness (QED) is 0.461. The molecule has 3 aromatic rings. The Bertz CT molecular complexity index is 1140. The van der Waals surface area contributed by atoms with Crippen LogP contribution in [-0.4, -0.2) is 50.2 Å². The number of para-hydroxylation sites is 1. The minimum absolute atomic E-state index is 0.0655. The number of anilines is 1. The zero-order chi connectivity index (χ0) is 22.5. The lowest BCUT2D eigenvalue weighted by molar-refractivity contribution is -0.384. The third-order valence-corrected chi connectivity index (χ3v) is 4.78.